The second-order valence-electron chi connectivity index (χ2n) is 6.38. The summed E-state index contributed by atoms with van der Waals surface area (Å²) >= 11 is 0. The van der Waals surface area contributed by atoms with Gasteiger partial charge in [-0.3, -0.25) is 0 Å². The van der Waals surface area contributed by atoms with Gasteiger partial charge in [-0.2, -0.15) is 0 Å². The Balaban J connectivity index is 2.65. The van der Waals surface area contributed by atoms with Gasteiger partial charge in [-0.1, -0.05) is 40.5 Å². The fraction of sp³-hybridized carbons (Fsp3) is 1.00. The van der Waals surface area contributed by atoms with E-state index < -0.39 is 0 Å². The van der Waals surface area contributed by atoms with Gasteiger partial charge >= 0.3 is 0 Å². The van der Waals surface area contributed by atoms with Gasteiger partial charge < -0.3 is 5.32 Å². The van der Waals surface area contributed by atoms with E-state index in [0.29, 0.717) is 5.41 Å². The van der Waals surface area contributed by atoms with Gasteiger partial charge in [0, 0.05) is 0 Å². The van der Waals surface area contributed by atoms with Crippen LogP contribution in [0.3, 0.4) is 0 Å². The molecule has 1 rings (SSSR count). The van der Waals surface area contributed by atoms with Crippen molar-refractivity contribution < 1.29 is 0 Å². The second-order valence-corrected chi connectivity index (χ2v) is 6.38. The molecule has 1 saturated carbocycles. The molecule has 3 atom stereocenters. The first kappa shape index (κ1) is 13.0. The van der Waals surface area contributed by atoms with Gasteiger partial charge in [0.15, 0.2) is 0 Å². The Morgan fingerprint density at radius 2 is 1.87 bits per heavy atom. The quantitative estimate of drug-likeness (QED) is 0.750. The molecule has 0 heterocycles. The van der Waals surface area contributed by atoms with E-state index in [0.717, 1.165) is 17.8 Å². The van der Waals surface area contributed by atoms with Crippen molar-refractivity contribution in [3.05, 3.63) is 0 Å². The first-order valence-corrected chi connectivity index (χ1v) is 6.63. The second kappa shape index (κ2) is 5.34. The van der Waals surface area contributed by atoms with Crippen LogP contribution in [0.25, 0.3) is 0 Å². The van der Waals surface area contributed by atoms with Gasteiger partial charge in [0.05, 0.1) is 0 Å². The van der Waals surface area contributed by atoms with E-state index in [1.807, 2.05) is 0 Å². The van der Waals surface area contributed by atoms with Crippen LogP contribution in [0.1, 0.15) is 53.4 Å². The van der Waals surface area contributed by atoms with Crippen LogP contribution < -0.4 is 5.32 Å². The fourth-order valence-corrected chi connectivity index (χ4v) is 3.26. The van der Waals surface area contributed by atoms with E-state index >= 15 is 0 Å². The molecule has 3 unspecified atom stereocenters. The maximum absolute atomic E-state index is 3.37. The number of nitrogens with one attached hydrogen (secondary N) is 1. The lowest BCUT2D eigenvalue weighted by Gasteiger charge is -2.43. The Morgan fingerprint density at radius 1 is 1.20 bits per heavy atom. The molecule has 1 aliphatic rings. The van der Waals surface area contributed by atoms with Crippen LogP contribution in [-0.4, -0.2) is 13.6 Å². The van der Waals surface area contributed by atoms with Crippen LogP contribution in [0.15, 0.2) is 0 Å². The molecule has 0 aromatic heterocycles. The lowest BCUT2D eigenvalue weighted by Crippen LogP contribution is -2.38. The lowest BCUT2D eigenvalue weighted by molar-refractivity contribution is 0.0753. The van der Waals surface area contributed by atoms with Crippen LogP contribution in [0, 0.1) is 23.2 Å². The van der Waals surface area contributed by atoms with Crippen molar-refractivity contribution in [2.75, 3.05) is 13.6 Å². The summed E-state index contributed by atoms with van der Waals surface area (Å²) in [6, 6.07) is 0. The zero-order chi connectivity index (χ0) is 11.5. The molecule has 0 aliphatic heterocycles. The lowest BCUT2D eigenvalue weighted by atomic mass is 9.63. The topological polar surface area (TPSA) is 12.0 Å². The minimum absolute atomic E-state index is 0.482. The van der Waals surface area contributed by atoms with Crippen molar-refractivity contribution in [2.45, 2.75) is 53.4 Å². The highest BCUT2D eigenvalue weighted by molar-refractivity contribution is 4.87. The largest absolute Gasteiger partial charge is 0.319 e. The van der Waals surface area contributed by atoms with Crippen LogP contribution in [-0.2, 0) is 0 Å². The van der Waals surface area contributed by atoms with E-state index in [2.05, 4.69) is 40.1 Å². The predicted molar refractivity (Wildman–Crippen MR) is 68.0 cm³/mol. The molecule has 1 fully saturated rings. The normalized spacial score (nSPS) is 33.0. The van der Waals surface area contributed by atoms with Gasteiger partial charge in [0.25, 0.3) is 0 Å². The standard InChI is InChI=1S/C14H29N/c1-6-11-7-8-12(10-15-5)13(9-11)14(2,3)4/h11-13,15H,6-10H2,1-5H3. The van der Waals surface area contributed by atoms with Gasteiger partial charge in [0.1, 0.15) is 0 Å². The molecule has 0 saturated heterocycles. The molecule has 0 aromatic rings. The van der Waals surface area contributed by atoms with Crippen LogP contribution >= 0.6 is 0 Å². The smallest absolute Gasteiger partial charge is 0.00207 e. The molecule has 1 N–H and O–H groups in total. The van der Waals surface area contributed by atoms with E-state index in [4.69, 9.17) is 0 Å². The van der Waals surface area contributed by atoms with E-state index in [1.165, 1.54) is 32.2 Å². The maximum atomic E-state index is 3.37. The van der Waals surface area contributed by atoms with Crippen molar-refractivity contribution in [2.24, 2.45) is 23.2 Å². The first-order chi connectivity index (χ1) is 6.99. The van der Waals surface area contributed by atoms with E-state index in [-0.39, 0.29) is 0 Å². The van der Waals surface area contributed by atoms with Crippen molar-refractivity contribution in [1.29, 1.82) is 0 Å². The van der Waals surface area contributed by atoms with Crippen molar-refractivity contribution in [3.63, 3.8) is 0 Å². The zero-order valence-corrected chi connectivity index (χ0v) is 11.3. The van der Waals surface area contributed by atoms with E-state index in [1.54, 1.807) is 0 Å². The SMILES string of the molecule is CCC1CCC(CNC)C(C(C)(C)C)C1. The molecule has 0 amide bonds. The third kappa shape index (κ3) is 3.48. The highest BCUT2D eigenvalue weighted by Crippen LogP contribution is 2.44. The third-order valence-electron chi connectivity index (χ3n) is 4.26. The summed E-state index contributed by atoms with van der Waals surface area (Å²) in [6.07, 6.45) is 5.71. The summed E-state index contributed by atoms with van der Waals surface area (Å²) in [5.74, 6) is 2.80. The van der Waals surface area contributed by atoms with Gasteiger partial charge in [-0.05, 0) is 49.6 Å². The molecular formula is C14H29N. The molecule has 90 valence electrons. The Morgan fingerprint density at radius 3 is 2.33 bits per heavy atom. The summed E-state index contributed by atoms with van der Waals surface area (Å²) in [6.45, 7) is 10.8. The Bertz CT molecular complexity index is 180. The molecular weight excluding hydrogens is 182 g/mol. The number of hydrogen-bond acceptors (Lipinski definition) is 1. The molecule has 0 spiro atoms. The summed E-state index contributed by atoms with van der Waals surface area (Å²) in [5.41, 5.74) is 0.482. The fourth-order valence-electron chi connectivity index (χ4n) is 3.26. The van der Waals surface area contributed by atoms with Gasteiger partial charge in [-0.25, -0.2) is 0 Å². The zero-order valence-electron chi connectivity index (χ0n) is 11.3. The van der Waals surface area contributed by atoms with Gasteiger partial charge in [0.2, 0.25) is 0 Å². The molecule has 0 aromatic carbocycles. The molecule has 1 heteroatoms. The Kier molecular flexibility index (Phi) is 4.64. The maximum Gasteiger partial charge on any atom is -0.00207 e. The van der Waals surface area contributed by atoms with Crippen molar-refractivity contribution in [1.82, 2.24) is 5.32 Å². The predicted octanol–water partition coefficient (Wildman–Crippen LogP) is 3.69. The van der Waals surface area contributed by atoms with Crippen molar-refractivity contribution in [3.8, 4) is 0 Å². The Labute approximate surface area is 96.0 Å². The van der Waals surface area contributed by atoms with Crippen LogP contribution in [0.2, 0.25) is 0 Å². The molecule has 0 radical (unpaired) electrons. The van der Waals surface area contributed by atoms with Gasteiger partial charge in [-0.15, -0.1) is 0 Å². The number of rotatable bonds is 3. The van der Waals surface area contributed by atoms with Crippen LogP contribution in [0.5, 0.6) is 0 Å². The molecule has 0 bridgehead atoms. The molecule has 15 heavy (non-hydrogen) atoms. The third-order valence-corrected chi connectivity index (χ3v) is 4.26. The van der Waals surface area contributed by atoms with E-state index in [9.17, 15) is 0 Å². The molecule has 1 aliphatic carbocycles. The average Bonchev–Trinajstić information content (AvgIpc) is 2.17. The Hall–Kier alpha value is -0.0400. The minimum Gasteiger partial charge on any atom is -0.319 e. The summed E-state index contributed by atoms with van der Waals surface area (Å²) < 4.78 is 0. The highest BCUT2D eigenvalue weighted by Gasteiger charge is 2.36. The van der Waals surface area contributed by atoms with Crippen molar-refractivity contribution >= 4 is 0 Å². The average molecular weight is 211 g/mol. The summed E-state index contributed by atoms with van der Waals surface area (Å²) in [5, 5.41) is 3.37. The summed E-state index contributed by atoms with van der Waals surface area (Å²) in [4.78, 5) is 0. The first-order valence-electron chi connectivity index (χ1n) is 6.63. The monoisotopic (exact) mass is 211 g/mol. The minimum atomic E-state index is 0.482. The summed E-state index contributed by atoms with van der Waals surface area (Å²) in [7, 11) is 2.09. The highest BCUT2D eigenvalue weighted by atomic mass is 14.8. The molecule has 1 nitrogen and oxygen atoms in total. The number of hydrogen-bond donors (Lipinski definition) is 1. The van der Waals surface area contributed by atoms with Crippen LogP contribution in [0.4, 0.5) is 0 Å².